The molecule has 0 amide bonds. The van der Waals surface area contributed by atoms with Crippen molar-refractivity contribution < 1.29 is 0 Å². The van der Waals surface area contributed by atoms with Crippen LogP contribution in [-0.2, 0) is 0 Å². The summed E-state index contributed by atoms with van der Waals surface area (Å²) in [4.78, 5) is 4.08. The molecule has 4 heteroatoms. The molecule has 0 saturated heterocycles. The van der Waals surface area contributed by atoms with Gasteiger partial charge in [-0.3, -0.25) is 0 Å². The fourth-order valence-corrected chi connectivity index (χ4v) is 3.39. The molecule has 0 heterocycles. The molecule has 0 bridgehead atoms. The van der Waals surface area contributed by atoms with Crippen molar-refractivity contribution in [1.29, 1.82) is 0 Å². The summed E-state index contributed by atoms with van der Waals surface area (Å²) in [5.74, 6) is 1.62. The van der Waals surface area contributed by atoms with E-state index in [9.17, 15) is 0 Å². The van der Waals surface area contributed by atoms with Crippen molar-refractivity contribution in [3.05, 3.63) is 23.8 Å². The number of thioether (sulfide) groups is 1. The average Bonchev–Trinajstić information content (AvgIpc) is 2.35. The first kappa shape index (κ1) is 17.3. The number of thiocarbonyl (C=S) groups is 1. The van der Waals surface area contributed by atoms with E-state index in [0.29, 0.717) is 16.9 Å². The maximum Gasteiger partial charge on any atom is 0.107 e. The zero-order valence-corrected chi connectivity index (χ0v) is 14.8. The van der Waals surface area contributed by atoms with E-state index in [4.69, 9.17) is 18.0 Å². The predicted octanol–water partition coefficient (Wildman–Crippen LogP) is 4.30. The molecule has 0 saturated carbocycles. The molecule has 20 heavy (non-hydrogen) atoms. The van der Waals surface area contributed by atoms with Gasteiger partial charge in [0.25, 0.3) is 0 Å². The van der Waals surface area contributed by atoms with Crippen LogP contribution in [0.5, 0.6) is 0 Å². The molecule has 112 valence electrons. The Kier molecular flexibility index (Phi) is 6.83. The first-order valence-corrected chi connectivity index (χ1v) is 8.60. The van der Waals surface area contributed by atoms with Gasteiger partial charge in [-0.2, -0.15) is 0 Å². The van der Waals surface area contributed by atoms with E-state index in [0.717, 1.165) is 17.9 Å². The second-order valence-corrected chi connectivity index (χ2v) is 7.33. The van der Waals surface area contributed by atoms with Crippen LogP contribution in [0.2, 0.25) is 0 Å². The van der Waals surface area contributed by atoms with Crippen LogP contribution in [0.3, 0.4) is 0 Å². The molecule has 0 aromatic heterocycles. The van der Waals surface area contributed by atoms with Gasteiger partial charge in [0.1, 0.15) is 4.99 Å². The molecule has 0 spiro atoms. The second-order valence-electron chi connectivity index (χ2n) is 5.59. The van der Waals surface area contributed by atoms with Crippen LogP contribution in [0, 0.1) is 5.92 Å². The third-order valence-electron chi connectivity index (χ3n) is 3.05. The Balaban J connectivity index is 3.33. The summed E-state index contributed by atoms with van der Waals surface area (Å²) < 4.78 is 0. The maximum atomic E-state index is 6.01. The van der Waals surface area contributed by atoms with Crippen LogP contribution in [0.25, 0.3) is 0 Å². The third-order valence-corrected chi connectivity index (χ3v) is 4.19. The first-order valence-electron chi connectivity index (χ1n) is 7.20. The number of anilines is 1. The minimum absolute atomic E-state index is 0.423. The number of hydrogen-bond donors (Lipinski definition) is 1. The lowest BCUT2D eigenvalue weighted by molar-refractivity contribution is 0.570. The molecule has 2 nitrogen and oxygen atoms in total. The Morgan fingerprint density at radius 2 is 1.95 bits per heavy atom. The molecule has 0 aliphatic heterocycles. The lowest BCUT2D eigenvalue weighted by atomic mass is 10.1. The Morgan fingerprint density at radius 3 is 2.40 bits per heavy atom. The number of nitrogens with zero attached hydrogens (tertiary/aromatic N) is 1. The summed E-state index contributed by atoms with van der Waals surface area (Å²) in [6.07, 6.45) is 0. The van der Waals surface area contributed by atoms with Crippen molar-refractivity contribution in [3.63, 3.8) is 0 Å². The topological polar surface area (TPSA) is 29.3 Å². The molecular weight excluding hydrogens is 284 g/mol. The molecule has 0 aliphatic carbocycles. The molecule has 0 aliphatic rings. The van der Waals surface area contributed by atoms with E-state index < -0.39 is 0 Å². The minimum Gasteiger partial charge on any atom is -0.389 e. The van der Waals surface area contributed by atoms with Gasteiger partial charge in [-0.1, -0.05) is 39.1 Å². The van der Waals surface area contributed by atoms with Crippen molar-refractivity contribution in [3.8, 4) is 0 Å². The van der Waals surface area contributed by atoms with E-state index in [1.165, 1.54) is 10.6 Å². The monoisotopic (exact) mass is 310 g/mol. The summed E-state index contributed by atoms with van der Waals surface area (Å²) in [5, 5.41) is 0. The summed E-state index contributed by atoms with van der Waals surface area (Å²) in [5.41, 5.74) is 8.20. The van der Waals surface area contributed by atoms with Crippen molar-refractivity contribution >= 4 is 34.7 Å². The van der Waals surface area contributed by atoms with E-state index in [-0.39, 0.29) is 0 Å². The highest BCUT2D eigenvalue weighted by molar-refractivity contribution is 7.99. The largest absolute Gasteiger partial charge is 0.389 e. The molecule has 0 radical (unpaired) electrons. The van der Waals surface area contributed by atoms with E-state index in [2.05, 4.69) is 57.7 Å². The highest BCUT2D eigenvalue weighted by atomic mass is 32.2. The maximum absolute atomic E-state index is 6.01. The summed E-state index contributed by atoms with van der Waals surface area (Å²) in [6.45, 7) is 12.1. The third kappa shape index (κ3) is 4.38. The Bertz CT molecular complexity index is 456. The van der Waals surface area contributed by atoms with Crippen LogP contribution < -0.4 is 10.6 Å². The number of hydrogen-bond acceptors (Lipinski definition) is 3. The second kappa shape index (κ2) is 7.89. The van der Waals surface area contributed by atoms with E-state index in [1.807, 2.05) is 0 Å². The van der Waals surface area contributed by atoms with E-state index in [1.54, 1.807) is 11.8 Å². The zero-order valence-electron chi connectivity index (χ0n) is 13.1. The van der Waals surface area contributed by atoms with Crippen molar-refractivity contribution in [2.24, 2.45) is 11.7 Å². The molecule has 2 N–H and O–H groups in total. The number of benzene rings is 1. The zero-order chi connectivity index (χ0) is 15.3. The van der Waals surface area contributed by atoms with Gasteiger partial charge in [0.2, 0.25) is 0 Å². The van der Waals surface area contributed by atoms with Crippen LogP contribution in [0.15, 0.2) is 23.1 Å². The number of rotatable bonds is 7. The van der Waals surface area contributed by atoms with Gasteiger partial charge in [0.15, 0.2) is 0 Å². The molecule has 1 aromatic rings. The van der Waals surface area contributed by atoms with Gasteiger partial charge in [0.05, 0.1) is 0 Å². The number of nitrogens with two attached hydrogens (primary N) is 1. The first-order chi connectivity index (χ1) is 9.38. The highest BCUT2D eigenvalue weighted by Gasteiger charge is 2.19. The fourth-order valence-electron chi connectivity index (χ4n) is 2.26. The Labute approximate surface area is 133 Å². The lowest BCUT2D eigenvalue weighted by Gasteiger charge is -2.33. The normalized spacial score (nSPS) is 11.2. The Hall–Kier alpha value is -0.740. The summed E-state index contributed by atoms with van der Waals surface area (Å²) >= 11 is 7.11. The Morgan fingerprint density at radius 1 is 1.30 bits per heavy atom. The van der Waals surface area contributed by atoms with E-state index >= 15 is 0 Å². The van der Waals surface area contributed by atoms with Gasteiger partial charge < -0.3 is 10.6 Å². The molecule has 0 unspecified atom stereocenters. The quantitative estimate of drug-likeness (QED) is 0.600. The van der Waals surface area contributed by atoms with Gasteiger partial charge in [-0.15, -0.1) is 11.8 Å². The van der Waals surface area contributed by atoms with Crippen LogP contribution in [-0.4, -0.2) is 23.3 Å². The molecule has 0 atom stereocenters. The summed E-state index contributed by atoms with van der Waals surface area (Å²) in [7, 11) is 0. The fraction of sp³-hybridized carbons (Fsp3) is 0.562. The van der Waals surface area contributed by atoms with Gasteiger partial charge in [-0.25, -0.2) is 0 Å². The van der Waals surface area contributed by atoms with Crippen LogP contribution in [0.4, 0.5) is 5.69 Å². The smallest absolute Gasteiger partial charge is 0.107 e. The summed E-state index contributed by atoms with van der Waals surface area (Å²) in [6, 6.07) is 6.77. The van der Waals surface area contributed by atoms with Crippen LogP contribution in [0.1, 0.15) is 40.2 Å². The van der Waals surface area contributed by atoms with Crippen molar-refractivity contribution in [2.75, 3.05) is 17.2 Å². The standard InChI is InChI=1S/C16H26N2S2/c1-6-20-14-9-7-8-13(15(14)16(17)19)18(12(4)5)10-11(2)3/h7-9,11-12H,6,10H2,1-5H3,(H2,17,19). The minimum atomic E-state index is 0.423. The molecule has 1 aromatic carbocycles. The van der Waals surface area contributed by atoms with Gasteiger partial charge in [-0.05, 0) is 37.7 Å². The van der Waals surface area contributed by atoms with Gasteiger partial charge >= 0.3 is 0 Å². The average molecular weight is 311 g/mol. The lowest BCUT2D eigenvalue weighted by Crippen LogP contribution is -2.35. The highest BCUT2D eigenvalue weighted by Crippen LogP contribution is 2.32. The molecular formula is C16H26N2S2. The van der Waals surface area contributed by atoms with Crippen molar-refractivity contribution in [1.82, 2.24) is 0 Å². The van der Waals surface area contributed by atoms with Crippen LogP contribution >= 0.6 is 24.0 Å². The molecule has 1 rings (SSSR count). The predicted molar refractivity (Wildman–Crippen MR) is 96.0 cm³/mol. The van der Waals surface area contributed by atoms with Crippen molar-refractivity contribution in [2.45, 2.75) is 45.6 Å². The SMILES string of the molecule is CCSc1cccc(N(CC(C)C)C(C)C)c1C(N)=S. The van der Waals surface area contributed by atoms with Gasteiger partial charge in [0, 0.05) is 28.7 Å². The molecule has 0 fully saturated rings.